The molecule has 0 aromatic heterocycles. The Kier molecular flexibility index (Phi) is 7.63. The Morgan fingerprint density at radius 1 is 1.04 bits per heavy atom. The number of thioether (sulfide) groups is 1. The van der Waals surface area contributed by atoms with Gasteiger partial charge >= 0.3 is 6.09 Å². The Morgan fingerprint density at radius 3 is 2.32 bits per heavy atom. The lowest BCUT2D eigenvalue weighted by molar-refractivity contribution is -0.119. The van der Waals surface area contributed by atoms with Crippen molar-refractivity contribution in [2.45, 2.75) is 12.2 Å². The second-order valence-electron chi connectivity index (χ2n) is 5.05. The molecule has 0 radical (unpaired) electrons. The van der Waals surface area contributed by atoms with Crippen LogP contribution in [0.2, 0.25) is 5.02 Å². The molecule has 2 aromatic rings. The summed E-state index contributed by atoms with van der Waals surface area (Å²) in [7, 11) is 0. The number of ether oxygens (including phenoxy) is 1. The molecular weight excluding hydrogens is 360 g/mol. The van der Waals surface area contributed by atoms with Gasteiger partial charge in [0.15, 0.2) is 0 Å². The molecule has 1 unspecified atom stereocenters. The minimum absolute atomic E-state index is 0.0215. The highest BCUT2D eigenvalue weighted by Gasteiger charge is 2.16. The van der Waals surface area contributed by atoms with E-state index in [0.717, 1.165) is 11.1 Å². The van der Waals surface area contributed by atoms with Gasteiger partial charge in [-0.25, -0.2) is 10.2 Å². The lowest BCUT2D eigenvalue weighted by atomic mass is 10.0. The molecular formula is C18H19ClN2O3S. The smallest absolute Gasteiger partial charge is 0.426 e. The van der Waals surface area contributed by atoms with Crippen molar-refractivity contribution in [1.29, 1.82) is 0 Å². The number of rotatable bonds is 6. The number of hydrogen-bond acceptors (Lipinski definition) is 4. The molecule has 0 fully saturated rings. The van der Waals surface area contributed by atoms with Crippen LogP contribution in [0.15, 0.2) is 54.6 Å². The third-order valence-corrected chi connectivity index (χ3v) is 4.79. The first-order valence-corrected chi connectivity index (χ1v) is 9.16. The number of hydrogen-bond donors (Lipinski definition) is 2. The van der Waals surface area contributed by atoms with E-state index in [4.69, 9.17) is 11.6 Å². The molecule has 0 saturated carbocycles. The number of carbonyl (C=O) groups excluding carboxylic acids is 2. The predicted molar refractivity (Wildman–Crippen MR) is 100 cm³/mol. The van der Waals surface area contributed by atoms with Gasteiger partial charge in [-0.15, -0.1) is 11.8 Å². The molecule has 2 rings (SSSR count). The maximum absolute atomic E-state index is 11.9. The average molecular weight is 379 g/mol. The molecule has 0 saturated heterocycles. The minimum atomic E-state index is -0.682. The van der Waals surface area contributed by atoms with E-state index in [1.807, 2.05) is 54.6 Å². The zero-order valence-corrected chi connectivity index (χ0v) is 15.3. The molecule has 0 aliphatic rings. The molecule has 0 aliphatic heterocycles. The first-order valence-electron chi connectivity index (χ1n) is 7.73. The quantitative estimate of drug-likeness (QED) is 0.747. The molecule has 0 bridgehead atoms. The lowest BCUT2D eigenvalue weighted by Crippen LogP contribution is -2.42. The number of halogens is 1. The van der Waals surface area contributed by atoms with Gasteiger partial charge < -0.3 is 4.74 Å². The van der Waals surface area contributed by atoms with Gasteiger partial charge in [-0.2, -0.15) is 0 Å². The Morgan fingerprint density at radius 2 is 1.68 bits per heavy atom. The molecule has 2 aromatic carbocycles. The van der Waals surface area contributed by atoms with E-state index >= 15 is 0 Å². The summed E-state index contributed by atoms with van der Waals surface area (Å²) in [5.41, 5.74) is 6.66. The fraction of sp³-hybridized carbons (Fsp3) is 0.222. The van der Waals surface area contributed by atoms with Crippen LogP contribution in [0.25, 0.3) is 0 Å². The van der Waals surface area contributed by atoms with Crippen LogP contribution >= 0.6 is 23.4 Å². The monoisotopic (exact) mass is 378 g/mol. The highest BCUT2D eigenvalue weighted by Crippen LogP contribution is 2.35. The maximum atomic E-state index is 11.9. The summed E-state index contributed by atoms with van der Waals surface area (Å²) in [6.45, 7) is 1.93. The topological polar surface area (TPSA) is 67.4 Å². The van der Waals surface area contributed by atoms with Crippen molar-refractivity contribution >= 4 is 35.4 Å². The number of benzene rings is 2. The van der Waals surface area contributed by atoms with Crippen LogP contribution in [-0.2, 0) is 9.53 Å². The summed E-state index contributed by atoms with van der Waals surface area (Å²) in [5, 5.41) is 0.642. The molecule has 2 amide bonds. The van der Waals surface area contributed by atoms with E-state index in [-0.39, 0.29) is 23.5 Å². The van der Waals surface area contributed by atoms with Gasteiger partial charge in [-0.3, -0.25) is 10.2 Å². The molecule has 5 nitrogen and oxygen atoms in total. The normalized spacial score (nSPS) is 11.4. The summed E-state index contributed by atoms with van der Waals surface area (Å²) in [5.74, 6) is -0.137. The van der Waals surface area contributed by atoms with Crippen LogP contribution in [0.3, 0.4) is 0 Å². The van der Waals surface area contributed by atoms with Gasteiger partial charge in [0, 0.05) is 5.02 Å². The minimum Gasteiger partial charge on any atom is -0.449 e. The van der Waals surface area contributed by atoms with E-state index in [1.165, 1.54) is 11.8 Å². The highest BCUT2D eigenvalue weighted by molar-refractivity contribution is 8.00. The van der Waals surface area contributed by atoms with Crippen molar-refractivity contribution in [3.05, 3.63) is 70.7 Å². The fourth-order valence-corrected chi connectivity index (χ4v) is 3.35. The molecule has 0 spiro atoms. The zero-order valence-electron chi connectivity index (χ0n) is 13.7. The summed E-state index contributed by atoms with van der Waals surface area (Å²) in [6, 6.07) is 17.4. The van der Waals surface area contributed by atoms with E-state index < -0.39 is 6.09 Å². The van der Waals surface area contributed by atoms with Gasteiger partial charge in [-0.05, 0) is 30.2 Å². The standard InChI is InChI=1S/C18H19ClN2O3S/c1-2-24-18(23)21-20-16(22)12-25-17(13-6-4-3-5-7-13)14-8-10-15(19)11-9-14/h3-11,17H,2,12H2,1H3,(H,20,22)(H,21,23). The number of carbonyl (C=O) groups is 2. The Balaban J connectivity index is 2.01. The summed E-state index contributed by atoms with van der Waals surface area (Å²) >= 11 is 7.42. The summed E-state index contributed by atoms with van der Waals surface area (Å²) in [6.07, 6.45) is -0.682. The van der Waals surface area contributed by atoms with Gasteiger partial charge in [0.05, 0.1) is 17.6 Å². The molecule has 132 valence electrons. The molecule has 1 atom stereocenters. The number of nitrogens with one attached hydrogen (secondary N) is 2. The Bertz CT molecular complexity index is 695. The van der Waals surface area contributed by atoms with Crippen LogP contribution in [0, 0.1) is 0 Å². The van der Waals surface area contributed by atoms with Crippen molar-refractivity contribution < 1.29 is 14.3 Å². The summed E-state index contributed by atoms with van der Waals surface area (Å²) in [4.78, 5) is 23.1. The molecule has 25 heavy (non-hydrogen) atoms. The van der Waals surface area contributed by atoms with Gasteiger partial charge in [0.1, 0.15) is 0 Å². The first kappa shape index (κ1) is 19.1. The Hall–Kier alpha value is -2.18. The van der Waals surface area contributed by atoms with E-state index in [9.17, 15) is 9.59 Å². The highest BCUT2D eigenvalue weighted by atomic mass is 35.5. The third kappa shape index (κ3) is 6.32. The van der Waals surface area contributed by atoms with Crippen molar-refractivity contribution in [2.24, 2.45) is 0 Å². The van der Waals surface area contributed by atoms with Crippen LogP contribution < -0.4 is 10.9 Å². The summed E-state index contributed by atoms with van der Waals surface area (Å²) < 4.78 is 4.68. The van der Waals surface area contributed by atoms with Crippen molar-refractivity contribution in [2.75, 3.05) is 12.4 Å². The van der Waals surface area contributed by atoms with Gasteiger partial charge in [-0.1, -0.05) is 54.1 Å². The molecule has 2 N–H and O–H groups in total. The fourth-order valence-electron chi connectivity index (χ4n) is 2.13. The van der Waals surface area contributed by atoms with Crippen molar-refractivity contribution in [1.82, 2.24) is 10.9 Å². The Labute approximate surface area is 156 Å². The average Bonchev–Trinajstić information content (AvgIpc) is 2.63. The van der Waals surface area contributed by atoms with Gasteiger partial charge in [0.2, 0.25) is 5.91 Å². The first-order chi connectivity index (χ1) is 12.1. The van der Waals surface area contributed by atoms with E-state index in [2.05, 4.69) is 15.6 Å². The van der Waals surface area contributed by atoms with Crippen molar-refractivity contribution in [3.63, 3.8) is 0 Å². The second-order valence-corrected chi connectivity index (χ2v) is 6.58. The number of amides is 2. The SMILES string of the molecule is CCOC(=O)NNC(=O)CSC(c1ccccc1)c1ccc(Cl)cc1. The van der Waals surface area contributed by atoms with Crippen LogP contribution in [0.1, 0.15) is 23.3 Å². The van der Waals surface area contributed by atoms with E-state index in [1.54, 1.807) is 6.92 Å². The lowest BCUT2D eigenvalue weighted by Gasteiger charge is -2.18. The van der Waals surface area contributed by atoms with Crippen LogP contribution in [0.5, 0.6) is 0 Å². The second kappa shape index (κ2) is 9.96. The third-order valence-electron chi connectivity index (χ3n) is 3.24. The van der Waals surface area contributed by atoms with Crippen molar-refractivity contribution in [3.8, 4) is 0 Å². The molecule has 7 heteroatoms. The van der Waals surface area contributed by atoms with E-state index in [0.29, 0.717) is 5.02 Å². The molecule has 0 heterocycles. The number of hydrazine groups is 1. The molecule has 0 aliphatic carbocycles. The maximum Gasteiger partial charge on any atom is 0.426 e. The zero-order chi connectivity index (χ0) is 18.1. The largest absolute Gasteiger partial charge is 0.449 e. The van der Waals surface area contributed by atoms with Crippen LogP contribution in [0.4, 0.5) is 4.79 Å². The van der Waals surface area contributed by atoms with Gasteiger partial charge in [0.25, 0.3) is 0 Å². The van der Waals surface area contributed by atoms with Crippen LogP contribution in [-0.4, -0.2) is 24.4 Å². The predicted octanol–water partition coefficient (Wildman–Crippen LogP) is 3.94.